The van der Waals surface area contributed by atoms with Gasteiger partial charge in [0.05, 0.1) is 17.7 Å². The van der Waals surface area contributed by atoms with Gasteiger partial charge in [0.2, 0.25) is 0 Å². The Labute approximate surface area is 207 Å². The summed E-state index contributed by atoms with van der Waals surface area (Å²) in [5.74, 6) is -3.66. The van der Waals surface area contributed by atoms with Crippen LogP contribution in [0.5, 0.6) is 5.75 Å². The number of carboxylic acids is 1. The van der Waals surface area contributed by atoms with Crippen LogP contribution in [-0.2, 0) is 0 Å². The highest BCUT2D eigenvalue weighted by molar-refractivity contribution is 5.99. The molecule has 192 valence electrons. The first-order valence-electron chi connectivity index (χ1n) is 12.8. The molecule has 1 unspecified atom stereocenters. The van der Waals surface area contributed by atoms with Gasteiger partial charge >= 0.3 is 5.97 Å². The Hall–Kier alpha value is -2.76. The van der Waals surface area contributed by atoms with Gasteiger partial charge in [-0.1, -0.05) is 78.2 Å². The van der Waals surface area contributed by atoms with Crippen LogP contribution < -0.4 is 4.74 Å². The third kappa shape index (κ3) is 8.15. The molecule has 0 saturated heterocycles. The number of ketones is 1. The fourth-order valence-electron chi connectivity index (χ4n) is 4.16. The van der Waals surface area contributed by atoms with E-state index in [0.29, 0.717) is 13.0 Å². The van der Waals surface area contributed by atoms with Gasteiger partial charge in [-0.25, -0.2) is 13.6 Å². The van der Waals surface area contributed by atoms with E-state index >= 15 is 4.39 Å². The van der Waals surface area contributed by atoms with Crippen LogP contribution in [0.25, 0.3) is 11.1 Å². The van der Waals surface area contributed by atoms with Crippen molar-refractivity contribution in [2.24, 2.45) is 5.92 Å². The number of unbranched alkanes of at least 4 members (excludes halogenated alkanes) is 7. The third-order valence-corrected chi connectivity index (χ3v) is 6.30. The number of aromatic carboxylic acids is 1. The number of halogens is 2. The second kappa shape index (κ2) is 14.6. The van der Waals surface area contributed by atoms with Crippen molar-refractivity contribution in [2.75, 3.05) is 6.61 Å². The van der Waals surface area contributed by atoms with Crippen LogP contribution in [0.3, 0.4) is 0 Å². The summed E-state index contributed by atoms with van der Waals surface area (Å²) in [4.78, 5) is 24.5. The first-order chi connectivity index (χ1) is 16.8. The molecule has 0 heterocycles. The molecule has 1 N–H and O–H groups in total. The van der Waals surface area contributed by atoms with Crippen LogP contribution in [0, 0.1) is 17.6 Å². The molecule has 0 saturated carbocycles. The monoisotopic (exact) mass is 488 g/mol. The van der Waals surface area contributed by atoms with Crippen molar-refractivity contribution in [3.63, 3.8) is 0 Å². The Bertz CT molecular complexity index is 987. The van der Waals surface area contributed by atoms with Crippen molar-refractivity contribution >= 4 is 11.8 Å². The number of benzene rings is 2. The highest BCUT2D eigenvalue weighted by atomic mass is 19.1. The zero-order valence-electron chi connectivity index (χ0n) is 21.2. The normalized spacial score (nSPS) is 11.9. The van der Waals surface area contributed by atoms with E-state index in [1.54, 1.807) is 6.92 Å². The Morgan fingerprint density at radius 3 is 2.14 bits per heavy atom. The van der Waals surface area contributed by atoms with Gasteiger partial charge in [0.25, 0.3) is 0 Å². The van der Waals surface area contributed by atoms with Crippen LogP contribution in [0.4, 0.5) is 8.78 Å². The van der Waals surface area contributed by atoms with Crippen molar-refractivity contribution in [3.8, 4) is 16.9 Å². The summed E-state index contributed by atoms with van der Waals surface area (Å²) in [5.41, 5.74) is -0.543. The molecule has 0 amide bonds. The molecule has 0 aliphatic rings. The summed E-state index contributed by atoms with van der Waals surface area (Å²) in [7, 11) is 0. The van der Waals surface area contributed by atoms with Gasteiger partial charge in [-0.15, -0.1) is 0 Å². The van der Waals surface area contributed by atoms with Gasteiger partial charge in [-0.3, -0.25) is 4.79 Å². The number of rotatable bonds is 16. The quantitative estimate of drug-likeness (QED) is 0.190. The van der Waals surface area contributed by atoms with Crippen molar-refractivity contribution in [1.82, 2.24) is 0 Å². The number of carbonyl (C=O) groups excluding carboxylic acids is 1. The lowest BCUT2D eigenvalue weighted by Gasteiger charge is -2.15. The van der Waals surface area contributed by atoms with Crippen LogP contribution in [0.2, 0.25) is 0 Å². The second-order valence-corrected chi connectivity index (χ2v) is 9.18. The first-order valence-corrected chi connectivity index (χ1v) is 12.8. The Morgan fingerprint density at radius 2 is 1.51 bits per heavy atom. The number of ether oxygens (including phenoxy) is 1. The molecule has 6 heteroatoms. The van der Waals surface area contributed by atoms with Gasteiger partial charge in [-0.05, 0) is 42.7 Å². The molecule has 4 nitrogen and oxygen atoms in total. The average molecular weight is 489 g/mol. The van der Waals surface area contributed by atoms with E-state index in [1.165, 1.54) is 30.7 Å². The summed E-state index contributed by atoms with van der Waals surface area (Å²) in [6.07, 6.45) is 9.89. The lowest BCUT2D eigenvalue weighted by Crippen LogP contribution is -2.13. The van der Waals surface area contributed by atoms with Crippen LogP contribution >= 0.6 is 0 Å². The highest BCUT2D eigenvalue weighted by Gasteiger charge is 2.23. The summed E-state index contributed by atoms with van der Waals surface area (Å²) in [6, 6.07) is 6.32. The minimum Gasteiger partial charge on any atom is -0.490 e. The predicted octanol–water partition coefficient (Wildman–Crippen LogP) is 8.47. The van der Waals surface area contributed by atoms with E-state index < -0.39 is 17.6 Å². The predicted molar refractivity (Wildman–Crippen MR) is 135 cm³/mol. The van der Waals surface area contributed by atoms with E-state index in [2.05, 4.69) is 13.8 Å². The second-order valence-electron chi connectivity index (χ2n) is 9.18. The maximum atomic E-state index is 15.3. The molecule has 0 radical (unpaired) electrons. The number of carboxylic acid groups (broad SMARTS) is 1. The van der Waals surface area contributed by atoms with E-state index in [9.17, 15) is 19.1 Å². The molecule has 0 spiro atoms. The molecule has 1 atom stereocenters. The number of Topliss-reactive ketones (excluding diaryl/α,β-unsaturated/α-hetero) is 1. The molecular formula is C29H38F2O4. The molecule has 35 heavy (non-hydrogen) atoms. The van der Waals surface area contributed by atoms with Crippen molar-refractivity contribution in [2.45, 2.75) is 85.0 Å². The van der Waals surface area contributed by atoms with Gasteiger partial charge in [0, 0.05) is 11.5 Å². The zero-order valence-corrected chi connectivity index (χ0v) is 21.2. The lowest BCUT2D eigenvalue weighted by atomic mass is 9.91. The fourth-order valence-corrected chi connectivity index (χ4v) is 4.16. The topological polar surface area (TPSA) is 63.6 Å². The summed E-state index contributed by atoms with van der Waals surface area (Å²) >= 11 is 0. The minimum absolute atomic E-state index is 0.0533. The molecule has 0 fully saturated rings. The average Bonchev–Trinajstić information content (AvgIpc) is 2.83. The third-order valence-electron chi connectivity index (χ3n) is 6.30. The van der Waals surface area contributed by atoms with Gasteiger partial charge in [0.1, 0.15) is 5.82 Å². The fraction of sp³-hybridized carbons (Fsp3) is 0.517. The SMILES string of the molecule is CCCCCCCC(C)C(=O)c1ccc(-c2c(C(=O)O)ccc(OCCCCCC)c2F)cc1F. The van der Waals surface area contributed by atoms with E-state index in [0.717, 1.165) is 57.4 Å². The lowest BCUT2D eigenvalue weighted by molar-refractivity contribution is 0.0696. The van der Waals surface area contributed by atoms with Crippen molar-refractivity contribution < 1.29 is 28.2 Å². The van der Waals surface area contributed by atoms with Crippen LogP contribution in [0.15, 0.2) is 30.3 Å². The molecule has 0 aromatic heterocycles. The van der Waals surface area contributed by atoms with Crippen molar-refractivity contribution in [3.05, 3.63) is 53.1 Å². The number of carbonyl (C=O) groups is 2. The Kier molecular flexibility index (Phi) is 11.9. The maximum absolute atomic E-state index is 15.3. The number of hydrogen-bond acceptors (Lipinski definition) is 3. The largest absolute Gasteiger partial charge is 0.490 e. The zero-order chi connectivity index (χ0) is 25.8. The smallest absolute Gasteiger partial charge is 0.336 e. The molecule has 2 rings (SSSR count). The standard InChI is InChI=1S/C29H38F2O4/c1-4-6-8-10-11-13-20(3)28(32)22-15-14-21(19-24(22)30)26-23(29(33)34)16-17-25(27(26)31)35-18-12-9-7-5-2/h14-17,19-20H,4-13,18H2,1-3H3,(H,33,34). The number of hydrogen-bond donors (Lipinski definition) is 1. The summed E-state index contributed by atoms with van der Waals surface area (Å²) in [6.45, 7) is 6.33. The highest BCUT2D eigenvalue weighted by Crippen LogP contribution is 2.34. The summed E-state index contributed by atoms with van der Waals surface area (Å²) in [5, 5.41) is 9.58. The van der Waals surface area contributed by atoms with Gasteiger partial charge in [-0.2, -0.15) is 0 Å². The summed E-state index contributed by atoms with van der Waals surface area (Å²) < 4.78 is 35.9. The molecule has 0 aliphatic heterocycles. The minimum atomic E-state index is -1.33. The Morgan fingerprint density at radius 1 is 0.886 bits per heavy atom. The molecule has 2 aromatic carbocycles. The maximum Gasteiger partial charge on any atom is 0.336 e. The van der Waals surface area contributed by atoms with E-state index in [-0.39, 0.29) is 39.7 Å². The van der Waals surface area contributed by atoms with Gasteiger partial charge < -0.3 is 9.84 Å². The molecule has 2 aromatic rings. The van der Waals surface area contributed by atoms with E-state index in [4.69, 9.17) is 4.74 Å². The van der Waals surface area contributed by atoms with Crippen molar-refractivity contribution in [1.29, 1.82) is 0 Å². The van der Waals surface area contributed by atoms with Gasteiger partial charge in [0.15, 0.2) is 17.3 Å². The first kappa shape index (κ1) is 28.5. The van der Waals surface area contributed by atoms with E-state index in [1.807, 2.05) is 0 Å². The molecule has 0 aliphatic carbocycles. The Balaban J connectivity index is 2.23. The molecule has 0 bridgehead atoms. The molecular weight excluding hydrogens is 450 g/mol. The van der Waals surface area contributed by atoms with Crippen LogP contribution in [-0.4, -0.2) is 23.5 Å². The van der Waals surface area contributed by atoms with Crippen LogP contribution in [0.1, 0.15) is 106 Å².